The number of hydrogen-bond acceptors (Lipinski definition) is 7. The van der Waals surface area contributed by atoms with Crippen molar-refractivity contribution < 1.29 is 24.1 Å². The Balaban J connectivity index is 0.00000289. The first-order chi connectivity index (χ1) is 16.2. The van der Waals surface area contributed by atoms with Crippen LogP contribution >= 0.6 is 0 Å². The van der Waals surface area contributed by atoms with Crippen LogP contribution in [-0.4, -0.2) is 44.8 Å². The molecule has 1 aliphatic carbocycles. The zero-order chi connectivity index (χ0) is 24.0. The largest absolute Gasteiger partial charge is 0.480 e. The summed E-state index contributed by atoms with van der Waals surface area (Å²) in [5.74, 6) is 0.605. The van der Waals surface area contributed by atoms with Gasteiger partial charge in [0.05, 0.1) is 18.8 Å². The lowest BCUT2D eigenvalue weighted by Crippen LogP contribution is -2.22. The predicted molar refractivity (Wildman–Crippen MR) is 117 cm³/mol. The lowest BCUT2D eigenvalue weighted by atomic mass is 9.90. The highest BCUT2D eigenvalue weighted by Gasteiger charge is 2.39. The fourth-order valence-corrected chi connectivity index (χ4v) is 4.16. The van der Waals surface area contributed by atoms with Gasteiger partial charge in [-0.05, 0) is 31.4 Å². The molecule has 1 fully saturated rings. The lowest BCUT2D eigenvalue weighted by molar-refractivity contribution is -0.0934. The Kier molecular flexibility index (Phi) is 5.45. The SMILES string of the molecule is COc1nc2c(C3=C=C(C(F)(F)F)C3)nc([C@H]3CCO[C@@H](c4ccc(=O)[nH]c4)C3)nc2nc1C.[HH]. The zero-order valence-corrected chi connectivity index (χ0v) is 18.4. The predicted octanol–water partition coefficient (Wildman–Crippen LogP) is 4.18. The summed E-state index contributed by atoms with van der Waals surface area (Å²) < 4.78 is 50.3. The lowest BCUT2D eigenvalue weighted by Gasteiger charge is -2.29. The van der Waals surface area contributed by atoms with Crippen molar-refractivity contribution in [3.05, 3.63) is 62.8 Å². The molecular formula is C23H22F3N5O3. The summed E-state index contributed by atoms with van der Waals surface area (Å²) in [7, 11) is 1.45. The molecular weight excluding hydrogens is 451 g/mol. The van der Waals surface area contributed by atoms with E-state index in [2.05, 4.69) is 30.7 Å². The van der Waals surface area contributed by atoms with Gasteiger partial charge in [-0.25, -0.2) is 19.9 Å². The Hall–Kier alpha value is -3.56. The maximum absolute atomic E-state index is 13.0. The van der Waals surface area contributed by atoms with E-state index in [1.165, 1.54) is 13.2 Å². The highest BCUT2D eigenvalue weighted by molar-refractivity contribution is 5.87. The van der Waals surface area contributed by atoms with Gasteiger partial charge in [-0.15, -0.1) is 5.73 Å². The van der Waals surface area contributed by atoms with Gasteiger partial charge in [-0.3, -0.25) is 4.79 Å². The highest BCUT2D eigenvalue weighted by Crippen LogP contribution is 2.41. The monoisotopic (exact) mass is 473 g/mol. The highest BCUT2D eigenvalue weighted by atomic mass is 19.4. The van der Waals surface area contributed by atoms with E-state index in [9.17, 15) is 18.0 Å². The van der Waals surface area contributed by atoms with E-state index in [1.54, 1.807) is 19.2 Å². The number of aryl methyl sites for hydroxylation is 1. The van der Waals surface area contributed by atoms with Gasteiger partial charge in [0, 0.05) is 38.2 Å². The molecule has 0 amide bonds. The van der Waals surface area contributed by atoms with Crippen LogP contribution in [-0.2, 0) is 4.74 Å². The van der Waals surface area contributed by atoms with Crippen LogP contribution in [0.2, 0.25) is 0 Å². The topological polar surface area (TPSA) is 103 Å². The first-order valence-electron chi connectivity index (χ1n) is 10.7. The van der Waals surface area contributed by atoms with E-state index in [-0.39, 0.29) is 42.5 Å². The maximum Gasteiger partial charge on any atom is 0.420 e. The van der Waals surface area contributed by atoms with Crippen molar-refractivity contribution in [3.63, 3.8) is 0 Å². The molecule has 1 aliphatic heterocycles. The normalized spacial score (nSPS) is 20.5. The van der Waals surface area contributed by atoms with E-state index in [0.717, 1.165) is 5.56 Å². The number of allylic oxidation sites excluding steroid dienone is 1. The second-order valence-corrected chi connectivity index (χ2v) is 8.24. The summed E-state index contributed by atoms with van der Waals surface area (Å²) in [6.45, 7) is 2.16. The number of ether oxygens (including phenoxy) is 2. The maximum atomic E-state index is 13.0. The number of nitrogens with one attached hydrogen (secondary N) is 1. The average Bonchev–Trinajstić information content (AvgIpc) is 2.77. The smallest absolute Gasteiger partial charge is 0.420 e. The van der Waals surface area contributed by atoms with Gasteiger partial charge in [0.15, 0.2) is 5.65 Å². The van der Waals surface area contributed by atoms with Crippen molar-refractivity contribution in [2.45, 2.75) is 44.4 Å². The van der Waals surface area contributed by atoms with Crippen LogP contribution in [0, 0.1) is 6.92 Å². The van der Waals surface area contributed by atoms with Gasteiger partial charge in [0.1, 0.15) is 22.7 Å². The number of methoxy groups -OCH3 is 1. The number of aromatic nitrogens is 5. The molecule has 0 aromatic carbocycles. The summed E-state index contributed by atoms with van der Waals surface area (Å²) in [5, 5.41) is 0. The fourth-order valence-electron chi connectivity index (χ4n) is 4.16. The molecule has 5 rings (SSSR count). The first kappa shape index (κ1) is 22.2. The molecule has 0 radical (unpaired) electrons. The Morgan fingerprint density at radius 3 is 2.71 bits per heavy atom. The molecule has 3 aromatic heterocycles. The molecule has 2 aliphatic rings. The molecule has 178 valence electrons. The number of H-pyrrole nitrogens is 1. The molecule has 4 heterocycles. The first-order valence-corrected chi connectivity index (χ1v) is 10.7. The molecule has 0 bridgehead atoms. The number of nitrogens with zero attached hydrogens (tertiary/aromatic N) is 4. The van der Waals surface area contributed by atoms with Crippen LogP contribution < -0.4 is 10.3 Å². The third kappa shape index (κ3) is 4.08. The number of alkyl halides is 3. The van der Waals surface area contributed by atoms with Crippen molar-refractivity contribution in [2.24, 2.45) is 0 Å². The van der Waals surface area contributed by atoms with Crippen LogP contribution in [0.5, 0.6) is 5.88 Å². The van der Waals surface area contributed by atoms with Crippen LogP contribution in [0.15, 0.2) is 34.4 Å². The molecule has 0 spiro atoms. The second-order valence-electron chi connectivity index (χ2n) is 8.24. The average molecular weight is 473 g/mol. The van der Waals surface area contributed by atoms with Crippen LogP contribution in [0.1, 0.15) is 55.5 Å². The van der Waals surface area contributed by atoms with E-state index < -0.39 is 11.7 Å². The molecule has 2 atom stereocenters. The Labute approximate surface area is 193 Å². The third-order valence-electron chi connectivity index (χ3n) is 5.99. The number of pyridine rings is 1. The molecule has 0 saturated carbocycles. The van der Waals surface area contributed by atoms with Gasteiger partial charge in [-0.1, -0.05) is 0 Å². The van der Waals surface area contributed by atoms with Crippen molar-refractivity contribution in [1.82, 2.24) is 24.9 Å². The molecule has 8 nitrogen and oxygen atoms in total. The third-order valence-corrected chi connectivity index (χ3v) is 5.99. The van der Waals surface area contributed by atoms with Crippen molar-refractivity contribution in [2.75, 3.05) is 13.7 Å². The number of halogens is 3. The summed E-state index contributed by atoms with van der Waals surface area (Å²) in [6, 6.07) is 3.15. The molecule has 0 unspecified atom stereocenters. The van der Waals surface area contributed by atoms with Crippen molar-refractivity contribution >= 4 is 16.7 Å². The van der Waals surface area contributed by atoms with Crippen LogP contribution in [0.3, 0.4) is 0 Å². The summed E-state index contributed by atoms with van der Waals surface area (Å²) in [4.78, 5) is 32.2. The van der Waals surface area contributed by atoms with E-state index >= 15 is 0 Å². The summed E-state index contributed by atoms with van der Waals surface area (Å²) >= 11 is 0. The molecule has 3 aromatic rings. The minimum absolute atomic E-state index is 0. The molecule has 1 saturated heterocycles. The number of rotatable bonds is 4. The second kappa shape index (κ2) is 8.34. The Morgan fingerprint density at radius 1 is 1.24 bits per heavy atom. The Bertz CT molecular complexity index is 1400. The van der Waals surface area contributed by atoms with E-state index in [0.29, 0.717) is 42.2 Å². The van der Waals surface area contributed by atoms with E-state index in [4.69, 9.17) is 9.47 Å². The van der Waals surface area contributed by atoms with Crippen LogP contribution in [0.25, 0.3) is 16.7 Å². The van der Waals surface area contributed by atoms with Gasteiger partial charge < -0.3 is 14.5 Å². The number of aromatic amines is 1. The van der Waals surface area contributed by atoms with E-state index in [1.807, 2.05) is 0 Å². The summed E-state index contributed by atoms with van der Waals surface area (Å²) in [6.07, 6.45) is -2.22. The summed E-state index contributed by atoms with van der Waals surface area (Å²) in [5.41, 5.74) is 3.96. The van der Waals surface area contributed by atoms with Crippen molar-refractivity contribution in [3.8, 4) is 5.88 Å². The van der Waals surface area contributed by atoms with Gasteiger partial charge in [0.2, 0.25) is 11.4 Å². The van der Waals surface area contributed by atoms with Crippen LogP contribution in [0.4, 0.5) is 13.2 Å². The molecule has 1 N–H and O–H groups in total. The molecule has 11 heteroatoms. The van der Waals surface area contributed by atoms with Gasteiger partial charge in [-0.2, -0.15) is 13.2 Å². The quantitative estimate of drug-likeness (QED) is 0.567. The fraction of sp³-hybridized carbons (Fsp3) is 0.391. The standard InChI is InChI=1S/C23H20F3N5O3.H2/c1-11-22(33-2)30-19-18(14-7-15(8-14)23(24,25)26)29-20(31-21(19)28-11)12-5-6-34-16(9-12)13-3-4-17(32)27-10-13;/h3-4,10,12,16H,5-7,9H2,1-2H3,(H,27,32);1H/t12-,16+;/m0./s1. The Morgan fingerprint density at radius 2 is 2.03 bits per heavy atom. The number of fused-ring (bicyclic) bond motifs is 1. The number of hydrogen-bond donors (Lipinski definition) is 1. The molecule has 34 heavy (non-hydrogen) atoms. The van der Waals surface area contributed by atoms with Gasteiger partial charge in [0.25, 0.3) is 0 Å². The zero-order valence-electron chi connectivity index (χ0n) is 18.4. The van der Waals surface area contributed by atoms with Gasteiger partial charge >= 0.3 is 6.18 Å². The van der Waals surface area contributed by atoms with Crippen molar-refractivity contribution in [1.29, 1.82) is 0 Å². The minimum Gasteiger partial charge on any atom is -0.480 e. The minimum atomic E-state index is -4.43.